The summed E-state index contributed by atoms with van der Waals surface area (Å²) in [7, 11) is 0. The van der Waals surface area contributed by atoms with Crippen molar-refractivity contribution in [2.75, 3.05) is 6.54 Å². The van der Waals surface area contributed by atoms with Crippen LogP contribution in [0.4, 0.5) is 9.18 Å². The summed E-state index contributed by atoms with van der Waals surface area (Å²) in [6.45, 7) is 5.46. The van der Waals surface area contributed by atoms with E-state index in [1.165, 1.54) is 28.4 Å². The molecule has 0 radical (unpaired) electrons. The third-order valence-corrected chi connectivity index (χ3v) is 5.63. The highest BCUT2D eigenvalue weighted by atomic mass is 79.9. The lowest BCUT2D eigenvalue weighted by Gasteiger charge is -2.36. The molecule has 0 aliphatic rings. The highest BCUT2D eigenvalue weighted by molar-refractivity contribution is 9.10. The Morgan fingerprint density at radius 2 is 2.04 bits per heavy atom. The summed E-state index contributed by atoms with van der Waals surface area (Å²) in [5.74, 6) is -0.656. The Morgan fingerprint density at radius 3 is 2.56 bits per heavy atom. The van der Waals surface area contributed by atoms with E-state index < -0.39 is 17.7 Å². The van der Waals surface area contributed by atoms with Gasteiger partial charge in [0.05, 0.1) is 10.9 Å². The van der Waals surface area contributed by atoms with Gasteiger partial charge in [0.2, 0.25) is 0 Å². The number of amides is 2. The first-order valence-electron chi connectivity index (χ1n) is 8.36. The van der Waals surface area contributed by atoms with Gasteiger partial charge >= 0.3 is 6.09 Å². The standard InChI is InChI=1S/C19H22BrFN2O3S/c1-19(2,3)23(18(25)26)10-15(8-12-5-4-6-14(21)7-12)22-17(24)16-9-13(20)11-27-16/h4-7,9,11,15H,8,10H2,1-3H3,(H,22,24)(H,25,26)/t15-/m1/s1. The molecule has 5 nitrogen and oxygen atoms in total. The molecule has 0 saturated heterocycles. The minimum absolute atomic E-state index is 0.0909. The second kappa shape index (κ2) is 8.84. The number of hydrogen-bond acceptors (Lipinski definition) is 3. The van der Waals surface area contributed by atoms with Crippen molar-refractivity contribution in [1.82, 2.24) is 10.2 Å². The first kappa shape index (κ1) is 21.4. The third kappa shape index (κ3) is 6.32. The van der Waals surface area contributed by atoms with Crippen molar-refractivity contribution in [3.63, 3.8) is 0 Å². The van der Waals surface area contributed by atoms with Gasteiger partial charge in [0.1, 0.15) is 5.82 Å². The van der Waals surface area contributed by atoms with Crippen LogP contribution in [0.1, 0.15) is 36.0 Å². The smallest absolute Gasteiger partial charge is 0.407 e. The molecule has 1 aromatic carbocycles. The Balaban J connectivity index is 2.23. The van der Waals surface area contributed by atoms with Crippen molar-refractivity contribution < 1.29 is 19.1 Å². The molecule has 2 rings (SSSR count). The highest BCUT2D eigenvalue weighted by Crippen LogP contribution is 2.21. The minimum atomic E-state index is -1.07. The van der Waals surface area contributed by atoms with E-state index in [-0.39, 0.29) is 18.3 Å². The summed E-state index contributed by atoms with van der Waals surface area (Å²) >= 11 is 4.61. The Morgan fingerprint density at radius 1 is 1.33 bits per heavy atom. The molecule has 1 aromatic heterocycles. The minimum Gasteiger partial charge on any atom is -0.465 e. The van der Waals surface area contributed by atoms with Crippen LogP contribution in [0.3, 0.4) is 0 Å². The van der Waals surface area contributed by atoms with Crippen LogP contribution in [-0.4, -0.2) is 40.1 Å². The lowest BCUT2D eigenvalue weighted by Crippen LogP contribution is -2.53. The molecule has 0 spiro atoms. The normalized spacial score (nSPS) is 12.5. The summed E-state index contributed by atoms with van der Waals surface area (Å²) < 4.78 is 14.3. The molecule has 0 unspecified atom stereocenters. The number of carbonyl (C=O) groups is 2. The van der Waals surface area contributed by atoms with E-state index in [1.54, 1.807) is 44.4 Å². The van der Waals surface area contributed by atoms with Gasteiger partial charge in [0.15, 0.2) is 0 Å². The summed E-state index contributed by atoms with van der Waals surface area (Å²) in [4.78, 5) is 26.1. The number of benzene rings is 1. The van der Waals surface area contributed by atoms with Crippen molar-refractivity contribution in [3.05, 3.63) is 56.4 Å². The molecule has 2 N–H and O–H groups in total. The van der Waals surface area contributed by atoms with Gasteiger partial charge < -0.3 is 15.3 Å². The summed E-state index contributed by atoms with van der Waals surface area (Å²) in [5.41, 5.74) is 0.0508. The monoisotopic (exact) mass is 456 g/mol. The summed E-state index contributed by atoms with van der Waals surface area (Å²) in [6.07, 6.45) is -0.754. The Bertz CT molecular complexity index is 819. The van der Waals surface area contributed by atoms with Crippen LogP contribution in [0.15, 0.2) is 40.2 Å². The largest absolute Gasteiger partial charge is 0.465 e. The zero-order chi connectivity index (χ0) is 20.2. The number of nitrogens with zero attached hydrogens (tertiary/aromatic N) is 1. The van der Waals surface area contributed by atoms with E-state index >= 15 is 0 Å². The molecule has 0 aliphatic carbocycles. The van der Waals surface area contributed by atoms with E-state index in [1.807, 2.05) is 0 Å². The molecule has 0 fully saturated rings. The second-order valence-electron chi connectivity index (χ2n) is 7.20. The first-order chi connectivity index (χ1) is 12.6. The molecular weight excluding hydrogens is 435 g/mol. The van der Waals surface area contributed by atoms with Gasteiger partial charge in [-0.25, -0.2) is 9.18 Å². The van der Waals surface area contributed by atoms with E-state index in [0.717, 1.165) is 4.47 Å². The van der Waals surface area contributed by atoms with Crippen molar-refractivity contribution in [2.24, 2.45) is 0 Å². The molecule has 27 heavy (non-hydrogen) atoms. The SMILES string of the molecule is CC(C)(C)N(C[C@@H](Cc1cccc(F)c1)NC(=O)c1cc(Br)cs1)C(=O)O. The number of hydrogen-bond donors (Lipinski definition) is 2. The Labute approximate surface area is 170 Å². The van der Waals surface area contributed by atoms with Crippen LogP contribution in [-0.2, 0) is 6.42 Å². The molecule has 2 aromatic rings. The molecule has 0 bridgehead atoms. The van der Waals surface area contributed by atoms with Crippen molar-refractivity contribution in [1.29, 1.82) is 0 Å². The van der Waals surface area contributed by atoms with Crippen LogP contribution < -0.4 is 5.32 Å². The van der Waals surface area contributed by atoms with Crippen molar-refractivity contribution >= 4 is 39.3 Å². The zero-order valence-electron chi connectivity index (χ0n) is 15.3. The molecular formula is C19H22BrFN2O3S. The fourth-order valence-corrected chi connectivity index (χ4v) is 3.99. The predicted molar refractivity (Wildman–Crippen MR) is 108 cm³/mol. The molecule has 1 atom stereocenters. The van der Waals surface area contributed by atoms with Crippen LogP contribution in [0.5, 0.6) is 0 Å². The average molecular weight is 457 g/mol. The second-order valence-corrected chi connectivity index (χ2v) is 9.02. The van der Waals surface area contributed by atoms with Crippen molar-refractivity contribution in [3.8, 4) is 0 Å². The number of carboxylic acid groups (broad SMARTS) is 1. The number of rotatable bonds is 6. The first-order valence-corrected chi connectivity index (χ1v) is 10.0. The lowest BCUT2D eigenvalue weighted by atomic mass is 10.0. The third-order valence-electron chi connectivity index (χ3n) is 3.94. The molecule has 2 amide bonds. The number of nitrogens with one attached hydrogen (secondary N) is 1. The van der Waals surface area contributed by atoms with E-state index in [2.05, 4.69) is 21.2 Å². The fraction of sp³-hybridized carbons (Fsp3) is 0.368. The van der Waals surface area contributed by atoms with Gasteiger partial charge in [-0.1, -0.05) is 12.1 Å². The van der Waals surface area contributed by atoms with Crippen LogP contribution >= 0.6 is 27.3 Å². The lowest BCUT2D eigenvalue weighted by molar-refractivity contribution is 0.0824. The van der Waals surface area contributed by atoms with Gasteiger partial charge in [0.25, 0.3) is 5.91 Å². The van der Waals surface area contributed by atoms with Gasteiger partial charge in [-0.2, -0.15) is 0 Å². The summed E-state index contributed by atoms with van der Waals surface area (Å²) in [5, 5.41) is 14.3. The topological polar surface area (TPSA) is 69.6 Å². The van der Waals surface area contributed by atoms with Crippen LogP contribution in [0.25, 0.3) is 0 Å². The van der Waals surface area contributed by atoms with E-state index in [9.17, 15) is 19.1 Å². The molecule has 146 valence electrons. The van der Waals surface area contributed by atoms with Crippen LogP contribution in [0.2, 0.25) is 0 Å². The Hall–Kier alpha value is -1.93. The van der Waals surface area contributed by atoms with Gasteiger partial charge in [-0.05, 0) is 66.9 Å². The molecule has 0 aliphatic heterocycles. The number of carbonyl (C=O) groups excluding carboxylic acids is 1. The number of halogens is 2. The van der Waals surface area contributed by atoms with E-state index in [4.69, 9.17) is 0 Å². The maximum atomic E-state index is 13.5. The van der Waals surface area contributed by atoms with Gasteiger partial charge in [-0.15, -0.1) is 11.3 Å². The van der Waals surface area contributed by atoms with Crippen LogP contribution in [0, 0.1) is 5.82 Å². The summed E-state index contributed by atoms with van der Waals surface area (Å²) in [6, 6.07) is 7.29. The quantitative estimate of drug-likeness (QED) is 0.657. The van der Waals surface area contributed by atoms with Crippen molar-refractivity contribution in [2.45, 2.75) is 38.8 Å². The van der Waals surface area contributed by atoms with Gasteiger partial charge in [-0.3, -0.25) is 4.79 Å². The average Bonchev–Trinajstić information content (AvgIpc) is 2.97. The molecule has 8 heteroatoms. The molecule has 0 saturated carbocycles. The molecule has 1 heterocycles. The highest BCUT2D eigenvalue weighted by Gasteiger charge is 2.29. The zero-order valence-corrected chi connectivity index (χ0v) is 17.7. The predicted octanol–water partition coefficient (Wildman–Crippen LogP) is 4.77. The van der Waals surface area contributed by atoms with Gasteiger partial charge in [0, 0.05) is 21.9 Å². The fourth-order valence-electron chi connectivity index (χ4n) is 2.66. The van der Waals surface area contributed by atoms with E-state index in [0.29, 0.717) is 16.9 Å². The maximum Gasteiger partial charge on any atom is 0.407 e. The Kier molecular flexibility index (Phi) is 7.00. The number of thiophene rings is 1. The maximum absolute atomic E-state index is 13.5.